The molecule has 0 fully saturated rings. The first kappa shape index (κ1) is 15.7. The van der Waals surface area contributed by atoms with Crippen molar-refractivity contribution in [2.75, 3.05) is 0 Å². The van der Waals surface area contributed by atoms with Crippen LogP contribution in [0.15, 0.2) is 58.5 Å². The Labute approximate surface area is 152 Å². The van der Waals surface area contributed by atoms with Gasteiger partial charge in [-0.05, 0) is 0 Å². The van der Waals surface area contributed by atoms with Gasteiger partial charge >= 0.3 is 153 Å². The van der Waals surface area contributed by atoms with Gasteiger partial charge in [0.1, 0.15) is 0 Å². The van der Waals surface area contributed by atoms with Crippen LogP contribution in [0.4, 0.5) is 0 Å². The molecule has 0 bridgehead atoms. The fourth-order valence-corrected chi connectivity index (χ4v) is 5.08. The first-order valence-electron chi connectivity index (χ1n) is 7.12. The van der Waals surface area contributed by atoms with Gasteiger partial charge in [0.05, 0.1) is 0 Å². The topological polar surface area (TPSA) is 63.6 Å². The summed E-state index contributed by atoms with van der Waals surface area (Å²) in [6, 6.07) is 15.4. The van der Waals surface area contributed by atoms with Gasteiger partial charge in [0.25, 0.3) is 0 Å². The molecule has 0 radical (unpaired) electrons. The van der Waals surface area contributed by atoms with Crippen molar-refractivity contribution in [1.29, 1.82) is 0 Å². The molecule has 0 saturated carbocycles. The summed E-state index contributed by atoms with van der Waals surface area (Å²) < 4.78 is 2.75. The van der Waals surface area contributed by atoms with E-state index >= 15 is 0 Å². The number of benzene rings is 2. The fraction of sp³-hybridized carbons (Fsp3) is 0.0625. The predicted molar refractivity (Wildman–Crippen MR) is 97.4 cm³/mol. The Morgan fingerprint density at radius 3 is 2.75 bits per heavy atom. The van der Waals surface area contributed by atoms with E-state index in [1.165, 1.54) is 11.8 Å². The molecule has 0 unspecified atom stereocenters. The standard InChI is InChI=1S/C16H11ClN4OSSe/c17-11-7-5-10(6-8-11)9-23-16-18-15(19-20-16)21-14(22)12-3-1-2-4-13(12)24-21/h1-8H,9H2,(H,18,19,20). The van der Waals surface area contributed by atoms with E-state index in [-0.39, 0.29) is 20.3 Å². The Hall–Kier alpha value is -1.79. The molecule has 24 heavy (non-hydrogen) atoms. The molecule has 0 aliphatic rings. The number of aromatic amines is 1. The number of hydrogen-bond acceptors (Lipinski definition) is 4. The van der Waals surface area contributed by atoms with E-state index in [0.717, 1.165) is 26.0 Å². The van der Waals surface area contributed by atoms with E-state index in [0.29, 0.717) is 11.1 Å². The van der Waals surface area contributed by atoms with Gasteiger partial charge in [-0.3, -0.25) is 0 Å². The van der Waals surface area contributed by atoms with Crippen molar-refractivity contribution in [3.63, 3.8) is 0 Å². The fourth-order valence-electron chi connectivity index (χ4n) is 2.23. The molecule has 0 spiro atoms. The van der Waals surface area contributed by atoms with Crippen LogP contribution in [0.3, 0.4) is 0 Å². The summed E-state index contributed by atoms with van der Waals surface area (Å²) in [6.45, 7) is 0. The number of H-pyrrole nitrogens is 1. The van der Waals surface area contributed by atoms with Crippen LogP contribution in [0.25, 0.3) is 15.6 Å². The summed E-state index contributed by atoms with van der Waals surface area (Å²) in [5.74, 6) is 1.25. The number of hydrogen-bond donors (Lipinski definition) is 1. The molecule has 2 aromatic carbocycles. The molecule has 0 atom stereocenters. The van der Waals surface area contributed by atoms with Crippen molar-refractivity contribution in [2.24, 2.45) is 0 Å². The number of rotatable bonds is 4. The minimum atomic E-state index is -0.106. The first-order chi connectivity index (χ1) is 11.7. The van der Waals surface area contributed by atoms with Crippen molar-refractivity contribution < 1.29 is 0 Å². The summed E-state index contributed by atoms with van der Waals surface area (Å²) in [5.41, 5.74) is 1.13. The molecule has 5 nitrogen and oxygen atoms in total. The van der Waals surface area contributed by atoms with E-state index in [4.69, 9.17) is 11.6 Å². The summed E-state index contributed by atoms with van der Waals surface area (Å²) >= 11 is 7.30. The molecule has 0 amide bonds. The van der Waals surface area contributed by atoms with E-state index in [9.17, 15) is 4.79 Å². The van der Waals surface area contributed by atoms with Gasteiger partial charge < -0.3 is 0 Å². The number of halogens is 1. The first-order valence-corrected chi connectivity index (χ1v) is 10.1. The van der Waals surface area contributed by atoms with E-state index < -0.39 is 0 Å². The Morgan fingerprint density at radius 2 is 1.96 bits per heavy atom. The molecule has 0 saturated heterocycles. The van der Waals surface area contributed by atoms with Crippen LogP contribution in [-0.4, -0.2) is 33.5 Å². The minimum absolute atomic E-state index is 0.0176. The van der Waals surface area contributed by atoms with Crippen molar-refractivity contribution in [2.45, 2.75) is 10.9 Å². The Bertz CT molecular complexity index is 1050. The van der Waals surface area contributed by atoms with E-state index in [1.54, 1.807) is 3.56 Å². The van der Waals surface area contributed by atoms with Gasteiger partial charge in [-0.2, -0.15) is 0 Å². The second kappa shape index (κ2) is 6.61. The summed E-state index contributed by atoms with van der Waals surface area (Å²) in [4.78, 5) is 16.9. The molecule has 2 aromatic heterocycles. The van der Waals surface area contributed by atoms with Gasteiger partial charge in [0.2, 0.25) is 0 Å². The Balaban J connectivity index is 1.56. The molecule has 1 N–H and O–H groups in total. The van der Waals surface area contributed by atoms with Gasteiger partial charge in [-0.15, -0.1) is 0 Å². The molecule has 0 aliphatic heterocycles. The predicted octanol–water partition coefficient (Wildman–Crippen LogP) is 3.11. The average Bonchev–Trinajstić information content (AvgIpc) is 3.19. The van der Waals surface area contributed by atoms with Crippen LogP contribution in [0, 0.1) is 0 Å². The van der Waals surface area contributed by atoms with E-state index in [2.05, 4.69) is 15.2 Å². The molecule has 8 heteroatoms. The van der Waals surface area contributed by atoms with Gasteiger partial charge in [-0.25, -0.2) is 0 Å². The SMILES string of the molecule is O=c1c2ccccc2[se]n1-c1nc(SCc2ccc(Cl)cc2)n[nH]1. The Kier molecular flexibility index (Phi) is 4.33. The van der Waals surface area contributed by atoms with Crippen molar-refractivity contribution in [3.05, 3.63) is 69.5 Å². The van der Waals surface area contributed by atoms with Crippen molar-refractivity contribution in [1.82, 2.24) is 18.7 Å². The second-order valence-electron chi connectivity index (χ2n) is 5.04. The number of nitrogens with one attached hydrogen (secondary N) is 1. The van der Waals surface area contributed by atoms with Crippen LogP contribution in [0.2, 0.25) is 5.02 Å². The molecule has 4 aromatic rings. The number of thioether (sulfide) groups is 1. The quantitative estimate of drug-likeness (QED) is 0.406. The average molecular weight is 422 g/mol. The van der Waals surface area contributed by atoms with Gasteiger partial charge in [-0.1, -0.05) is 0 Å². The normalized spacial score (nSPS) is 11.2. The van der Waals surface area contributed by atoms with Gasteiger partial charge in [0.15, 0.2) is 0 Å². The summed E-state index contributed by atoms with van der Waals surface area (Å²) in [5, 5.41) is 9.18. The third kappa shape index (κ3) is 3.08. The van der Waals surface area contributed by atoms with Crippen molar-refractivity contribution in [3.8, 4) is 5.95 Å². The zero-order valence-corrected chi connectivity index (χ0v) is 15.6. The molecule has 4 rings (SSSR count). The zero-order chi connectivity index (χ0) is 16.5. The number of aromatic nitrogens is 4. The monoisotopic (exact) mass is 422 g/mol. The molecule has 2 heterocycles. The van der Waals surface area contributed by atoms with Crippen LogP contribution < -0.4 is 5.56 Å². The number of fused-ring (bicyclic) bond motifs is 1. The van der Waals surface area contributed by atoms with Crippen LogP contribution in [0.1, 0.15) is 5.56 Å². The van der Waals surface area contributed by atoms with Crippen LogP contribution in [0.5, 0.6) is 0 Å². The van der Waals surface area contributed by atoms with E-state index in [1.807, 2.05) is 48.5 Å². The maximum atomic E-state index is 12.5. The summed E-state index contributed by atoms with van der Waals surface area (Å²) in [7, 11) is 0. The molecular weight excluding hydrogens is 411 g/mol. The van der Waals surface area contributed by atoms with Crippen LogP contribution >= 0.6 is 23.4 Å². The van der Waals surface area contributed by atoms with Crippen molar-refractivity contribution >= 4 is 47.7 Å². The number of nitrogens with zero attached hydrogens (tertiary/aromatic N) is 3. The Morgan fingerprint density at radius 1 is 1.17 bits per heavy atom. The zero-order valence-electron chi connectivity index (χ0n) is 12.3. The van der Waals surface area contributed by atoms with Crippen LogP contribution in [-0.2, 0) is 5.75 Å². The third-order valence-electron chi connectivity index (χ3n) is 3.42. The maximum absolute atomic E-state index is 12.5. The molecule has 0 aliphatic carbocycles. The third-order valence-corrected chi connectivity index (χ3v) is 6.84. The van der Waals surface area contributed by atoms with Gasteiger partial charge in [0, 0.05) is 0 Å². The molecular formula is C16H11ClN4OSSe. The summed E-state index contributed by atoms with van der Waals surface area (Å²) in [6.07, 6.45) is 0. The molecule has 120 valence electrons. The second-order valence-corrected chi connectivity index (χ2v) is 8.49.